The summed E-state index contributed by atoms with van der Waals surface area (Å²) in [5, 5.41) is 25.3. The first-order valence-corrected chi connectivity index (χ1v) is 11.4. The summed E-state index contributed by atoms with van der Waals surface area (Å²) in [5.41, 5.74) is 4.65. The van der Waals surface area contributed by atoms with Crippen LogP contribution in [0.5, 0.6) is 0 Å². The highest BCUT2D eigenvalue weighted by Crippen LogP contribution is 2.28. The third-order valence-corrected chi connectivity index (χ3v) is 5.82. The van der Waals surface area contributed by atoms with Gasteiger partial charge in [0.15, 0.2) is 11.5 Å². The highest BCUT2D eigenvalue weighted by molar-refractivity contribution is 9.10. The molecule has 0 fully saturated rings. The minimum Gasteiger partial charge on any atom is -0.481 e. The molecule has 2 aromatic carbocycles. The van der Waals surface area contributed by atoms with E-state index in [4.69, 9.17) is 19.4 Å². The lowest BCUT2D eigenvalue weighted by Gasteiger charge is -2.00. The molecule has 0 aliphatic carbocycles. The first-order chi connectivity index (χ1) is 15.8. The Morgan fingerprint density at radius 1 is 0.879 bits per heavy atom. The van der Waals surface area contributed by atoms with Crippen LogP contribution in [0.1, 0.15) is 22.5 Å². The fourth-order valence-corrected chi connectivity index (χ4v) is 3.61. The minimum atomic E-state index is -0.894. The van der Waals surface area contributed by atoms with Crippen molar-refractivity contribution in [1.29, 1.82) is 5.26 Å². The molecule has 9 heteroatoms. The van der Waals surface area contributed by atoms with Crippen LogP contribution in [0, 0.1) is 25.2 Å². The van der Waals surface area contributed by atoms with Gasteiger partial charge in [0, 0.05) is 31.2 Å². The van der Waals surface area contributed by atoms with E-state index in [2.05, 4.69) is 48.2 Å². The predicted molar refractivity (Wildman–Crippen MR) is 129 cm³/mol. The molecule has 0 aliphatic rings. The number of halogens is 2. The summed E-state index contributed by atoms with van der Waals surface area (Å²) in [7, 11) is 0. The van der Waals surface area contributed by atoms with Gasteiger partial charge in [-0.2, -0.15) is 5.26 Å². The fraction of sp³-hybridized carbons (Fsp3) is 0.167. The molecule has 0 radical (unpaired) electrons. The van der Waals surface area contributed by atoms with Gasteiger partial charge in [-0.25, -0.2) is 0 Å². The van der Waals surface area contributed by atoms with Crippen molar-refractivity contribution in [2.75, 3.05) is 0 Å². The number of carboxylic acid groups (broad SMARTS) is 1. The standard InChI is InChI=1S/C12H9BrN2O.C12H10BrNO3/c1-8-11(6-7-14)12(16-15-8)9-2-4-10(13)5-3-9;1-7-10(6-11(15)16)12(17-14-7)8-2-4-9(13)5-3-8/h2-5H,6H2,1H3;2-5H,6H2,1H3,(H,15,16). The zero-order valence-electron chi connectivity index (χ0n) is 17.8. The van der Waals surface area contributed by atoms with Gasteiger partial charge in [0.1, 0.15) is 0 Å². The normalized spacial score (nSPS) is 10.3. The maximum Gasteiger partial charge on any atom is 0.308 e. The van der Waals surface area contributed by atoms with Crippen molar-refractivity contribution in [1.82, 2.24) is 10.3 Å². The molecule has 4 rings (SSSR count). The number of carboxylic acids is 1. The van der Waals surface area contributed by atoms with Gasteiger partial charge in [-0.1, -0.05) is 66.4 Å². The smallest absolute Gasteiger partial charge is 0.308 e. The van der Waals surface area contributed by atoms with Crippen LogP contribution in [0.25, 0.3) is 22.6 Å². The second kappa shape index (κ2) is 11.1. The molecule has 1 N–H and O–H groups in total. The molecule has 0 unspecified atom stereocenters. The van der Waals surface area contributed by atoms with Gasteiger partial charge in [0.2, 0.25) is 0 Å². The number of hydrogen-bond acceptors (Lipinski definition) is 6. The molecular formula is C24H19Br2N3O4. The lowest BCUT2D eigenvalue weighted by molar-refractivity contribution is -0.136. The first kappa shape index (κ1) is 24.4. The van der Waals surface area contributed by atoms with Crippen LogP contribution in [0.15, 0.2) is 66.5 Å². The Morgan fingerprint density at radius 2 is 1.30 bits per heavy atom. The molecule has 33 heavy (non-hydrogen) atoms. The Balaban J connectivity index is 0.000000186. The zero-order valence-corrected chi connectivity index (χ0v) is 21.0. The fourth-order valence-electron chi connectivity index (χ4n) is 3.08. The van der Waals surface area contributed by atoms with Crippen molar-refractivity contribution in [2.45, 2.75) is 26.7 Å². The molecule has 4 aromatic rings. The van der Waals surface area contributed by atoms with Crippen LogP contribution in [-0.2, 0) is 17.6 Å². The van der Waals surface area contributed by atoms with Crippen molar-refractivity contribution in [2.24, 2.45) is 0 Å². The molecular weight excluding hydrogens is 554 g/mol. The van der Waals surface area contributed by atoms with Crippen molar-refractivity contribution < 1.29 is 18.9 Å². The van der Waals surface area contributed by atoms with E-state index in [1.165, 1.54) is 0 Å². The second-order valence-electron chi connectivity index (χ2n) is 7.07. The van der Waals surface area contributed by atoms with E-state index in [0.29, 0.717) is 29.2 Å². The van der Waals surface area contributed by atoms with E-state index in [0.717, 1.165) is 31.3 Å². The van der Waals surface area contributed by atoms with Crippen LogP contribution in [0.4, 0.5) is 0 Å². The molecule has 0 amide bonds. The number of aryl methyl sites for hydroxylation is 2. The molecule has 0 aliphatic heterocycles. The highest BCUT2D eigenvalue weighted by atomic mass is 79.9. The molecule has 0 saturated heterocycles. The first-order valence-electron chi connectivity index (χ1n) is 9.81. The molecule has 168 valence electrons. The number of aliphatic carboxylic acids is 1. The van der Waals surface area contributed by atoms with E-state index in [1.807, 2.05) is 55.5 Å². The van der Waals surface area contributed by atoms with E-state index in [9.17, 15) is 4.79 Å². The average Bonchev–Trinajstić information content (AvgIpc) is 3.33. The third-order valence-electron chi connectivity index (χ3n) is 4.77. The van der Waals surface area contributed by atoms with Gasteiger partial charge >= 0.3 is 5.97 Å². The summed E-state index contributed by atoms with van der Waals surface area (Å²) in [5.74, 6) is 0.318. The van der Waals surface area contributed by atoms with Crippen molar-refractivity contribution in [3.63, 3.8) is 0 Å². The van der Waals surface area contributed by atoms with Crippen LogP contribution in [0.2, 0.25) is 0 Å². The molecule has 0 atom stereocenters. The maximum absolute atomic E-state index is 10.8. The van der Waals surface area contributed by atoms with E-state index >= 15 is 0 Å². The Kier molecular flexibility index (Phi) is 8.20. The zero-order chi connectivity index (χ0) is 24.0. The average molecular weight is 573 g/mol. The topological polar surface area (TPSA) is 113 Å². The predicted octanol–water partition coefficient (Wildman–Crippen LogP) is 6.52. The monoisotopic (exact) mass is 571 g/mol. The summed E-state index contributed by atoms with van der Waals surface area (Å²) in [6, 6.07) is 17.3. The summed E-state index contributed by atoms with van der Waals surface area (Å²) >= 11 is 6.72. The minimum absolute atomic E-state index is 0.0826. The molecule has 2 aromatic heterocycles. The van der Waals surface area contributed by atoms with Crippen molar-refractivity contribution in [3.8, 4) is 28.7 Å². The van der Waals surface area contributed by atoms with Crippen LogP contribution in [-0.4, -0.2) is 21.4 Å². The quantitative estimate of drug-likeness (QED) is 0.289. The summed E-state index contributed by atoms with van der Waals surface area (Å²) in [6.07, 6.45) is 0.238. The molecule has 7 nitrogen and oxygen atoms in total. The van der Waals surface area contributed by atoms with Crippen molar-refractivity contribution >= 4 is 37.8 Å². The largest absolute Gasteiger partial charge is 0.481 e. The SMILES string of the molecule is Cc1noc(-c2ccc(Br)cc2)c1CC#N.Cc1noc(-c2ccc(Br)cc2)c1CC(=O)O. The number of benzene rings is 2. The summed E-state index contributed by atoms with van der Waals surface area (Å²) in [6.45, 7) is 3.59. The second-order valence-corrected chi connectivity index (χ2v) is 8.90. The molecule has 0 spiro atoms. The van der Waals surface area contributed by atoms with Gasteiger partial charge in [0.05, 0.1) is 30.3 Å². The number of rotatable bonds is 5. The van der Waals surface area contributed by atoms with E-state index < -0.39 is 5.97 Å². The van der Waals surface area contributed by atoms with Gasteiger partial charge < -0.3 is 14.2 Å². The van der Waals surface area contributed by atoms with Gasteiger partial charge in [-0.3, -0.25) is 4.79 Å². The number of hydrogen-bond donors (Lipinski definition) is 1. The lowest BCUT2D eigenvalue weighted by atomic mass is 10.0. The van der Waals surface area contributed by atoms with E-state index in [1.54, 1.807) is 6.92 Å². The van der Waals surface area contributed by atoms with Crippen LogP contribution >= 0.6 is 31.9 Å². The number of carbonyl (C=O) groups is 1. The molecule has 0 bridgehead atoms. The Labute approximate surface area is 207 Å². The summed E-state index contributed by atoms with van der Waals surface area (Å²) in [4.78, 5) is 10.8. The van der Waals surface area contributed by atoms with Gasteiger partial charge in [-0.05, 0) is 38.1 Å². The number of nitrogens with zero attached hydrogens (tertiary/aromatic N) is 3. The van der Waals surface area contributed by atoms with Crippen LogP contribution < -0.4 is 0 Å². The third kappa shape index (κ3) is 6.18. The Bertz CT molecular complexity index is 1290. The number of nitriles is 1. The summed E-state index contributed by atoms with van der Waals surface area (Å²) < 4.78 is 12.4. The number of aromatic nitrogens is 2. The van der Waals surface area contributed by atoms with Crippen LogP contribution in [0.3, 0.4) is 0 Å². The highest BCUT2D eigenvalue weighted by Gasteiger charge is 2.17. The van der Waals surface area contributed by atoms with Gasteiger partial charge in [0.25, 0.3) is 0 Å². The Morgan fingerprint density at radius 3 is 1.73 bits per heavy atom. The van der Waals surface area contributed by atoms with Crippen molar-refractivity contribution in [3.05, 3.63) is 80.0 Å². The lowest BCUT2D eigenvalue weighted by Crippen LogP contribution is -2.01. The Hall–Kier alpha value is -3.22. The molecule has 0 saturated carbocycles. The maximum atomic E-state index is 10.8. The van der Waals surface area contributed by atoms with E-state index in [-0.39, 0.29) is 6.42 Å². The van der Waals surface area contributed by atoms with Gasteiger partial charge in [-0.15, -0.1) is 0 Å². The molecule has 2 heterocycles.